The van der Waals surface area contributed by atoms with Gasteiger partial charge in [0, 0.05) is 24.9 Å². The zero-order chi connectivity index (χ0) is 21.6. The maximum atomic E-state index is 10.4. The highest BCUT2D eigenvalue weighted by molar-refractivity contribution is 5.39. The third-order valence-corrected chi connectivity index (χ3v) is 9.88. The Balaban J connectivity index is 0.00000106. The molecule has 3 fully saturated rings. The van der Waals surface area contributed by atoms with E-state index in [1.165, 1.54) is 19.3 Å². The minimum Gasteiger partial charge on any atom is -0.396 e. The lowest BCUT2D eigenvalue weighted by Crippen LogP contribution is -2.55. The third kappa shape index (κ3) is 2.95. The van der Waals surface area contributed by atoms with Crippen molar-refractivity contribution >= 4 is 0 Å². The number of aliphatic hydroxyl groups excluding tert-OH is 1. The van der Waals surface area contributed by atoms with Crippen molar-refractivity contribution in [2.75, 3.05) is 19.8 Å². The minimum atomic E-state index is -0.504. The number of rotatable bonds is 2. The molecule has 1 heterocycles. The summed E-state index contributed by atoms with van der Waals surface area (Å²) in [5, 5.41) is 20.0. The van der Waals surface area contributed by atoms with E-state index >= 15 is 0 Å². The summed E-state index contributed by atoms with van der Waals surface area (Å²) in [6.07, 6.45) is 10.5. The molecule has 30 heavy (non-hydrogen) atoms. The Labute approximate surface area is 183 Å². The Morgan fingerprint density at radius 3 is 2.43 bits per heavy atom. The van der Waals surface area contributed by atoms with Crippen LogP contribution in [-0.4, -0.2) is 30.7 Å². The molecule has 168 valence electrons. The molecule has 0 aromatic rings. The number of hydrogen-bond acceptors (Lipinski definition) is 4. The van der Waals surface area contributed by atoms with Gasteiger partial charge in [-0.25, -0.2) is 0 Å². The van der Waals surface area contributed by atoms with Crippen LogP contribution in [0, 0.1) is 39.4 Å². The van der Waals surface area contributed by atoms with Gasteiger partial charge < -0.3 is 14.6 Å². The maximum absolute atomic E-state index is 10.4. The second kappa shape index (κ2) is 7.91. The Kier molecular flexibility index (Phi) is 5.88. The smallest absolute Gasteiger partial charge is 0.170 e. The molecule has 2 saturated carbocycles. The van der Waals surface area contributed by atoms with E-state index < -0.39 is 5.79 Å². The predicted octanol–water partition coefficient (Wildman–Crippen LogP) is 5.75. The molecule has 0 aromatic heterocycles. The second-order valence-corrected chi connectivity index (χ2v) is 10.7. The molecule has 1 saturated heterocycles. The van der Waals surface area contributed by atoms with Gasteiger partial charge in [0.25, 0.3) is 0 Å². The van der Waals surface area contributed by atoms with E-state index in [1.54, 1.807) is 11.1 Å². The lowest BCUT2D eigenvalue weighted by molar-refractivity contribution is -0.217. The number of nitrogens with zero attached hydrogens (tertiary/aromatic N) is 1. The molecule has 1 spiro atoms. The van der Waals surface area contributed by atoms with Gasteiger partial charge >= 0.3 is 0 Å². The number of allylic oxidation sites excluding steroid dienone is 2. The summed E-state index contributed by atoms with van der Waals surface area (Å²) in [6.45, 7) is 10.5. The van der Waals surface area contributed by atoms with Crippen molar-refractivity contribution in [1.82, 2.24) is 0 Å². The first-order valence-corrected chi connectivity index (χ1v) is 12.4. The molecule has 1 aliphatic heterocycles. The van der Waals surface area contributed by atoms with Crippen molar-refractivity contribution in [2.45, 2.75) is 97.7 Å². The fraction of sp³-hybridized carbons (Fsp3) is 0.885. The van der Waals surface area contributed by atoms with Gasteiger partial charge in [-0.15, -0.1) is 0 Å². The van der Waals surface area contributed by atoms with E-state index in [2.05, 4.69) is 19.9 Å². The molecule has 0 aromatic carbocycles. The molecule has 5 unspecified atom stereocenters. The van der Waals surface area contributed by atoms with Crippen LogP contribution in [0.1, 0.15) is 91.9 Å². The lowest BCUT2D eigenvalue weighted by Gasteiger charge is -2.59. The van der Waals surface area contributed by atoms with Crippen LogP contribution in [0.5, 0.6) is 0 Å². The van der Waals surface area contributed by atoms with Crippen LogP contribution in [0.4, 0.5) is 0 Å². The zero-order valence-corrected chi connectivity index (χ0v) is 19.6. The summed E-state index contributed by atoms with van der Waals surface area (Å²) in [5.41, 5.74) is 3.28. The molecule has 4 heteroatoms. The molecule has 5 rings (SSSR count). The van der Waals surface area contributed by atoms with Gasteiger partial charge in [-0.1, -0.05) is 38.8 Å². The molecular weight excluding hydrogens is 374 g/mol. The number of hydrogen-bond donors (Lipinski definition) is 1. The minimum absolute atomic E-state index is 0.0354. The summed E-state index contributed by atoms with van der Waals surface area (Å²) < 4.78 is 12.1. The van der Waals surface area contributed by atoms with Crippen molar-refractivity contribution in [3.8, 4) is 6.07 Å². The van der Waals surface area contributed by atoms with Crippen LogP contribution in [0.2, 0.25) is 0 Å². The maximum Gasteiger partial charge on any atom is 0.170 e. The molecule has 1 N–H and O–H groups in total. The first-order chi connectivity index (χ1) is 14.4. The number of fused-ring (bicyclic) bond motifs is 4. The summed E-state index contributed by atoms with van der Waals surface area (Å²) >= 11 is 0. The second-order valence-electron chi connectivity index (χ2n) is 10.7. The number of nitriles is 1. The van der Waals surface area contributed by atoms with Crippen molar-refractivity contribution in [3.63, 3.8) is 0 Å². The van der Waals surface area contributed by atoms with Gasteiger partial charge in [-0.05, 0) is 68.6 Å². The molecular formula is C26H41NO3. The normalized spacial score (nSPS) is 43.9. The van der Waals surface area contributed by atoms with E-state index in [-0.39, 0.29) is 10.8 Å². The molecule has 0 bridgehead atoms. The first-order valence-electron chi connectivity index (χ1n) is 12.4. The Morgan fingerprint density at radius 2 is 1.77 bits per heavy atom. The summed E-state index contributed by atoms with van der Waals surface area (Å²) in [7, 11) is 0. The van der Waals surface area contributed by atoms with Gasteiger partial charge in [0.2, 0.25) is 0 Å². The third-order valence-electron chi connectivity index (χ3n) is 9.88. The average molecular weight is 416 g/mol. The monoisotopic (exact) mass is 415 g/mol. The molecule has 4 aliphatic carbocycles. The lowest BCUT2D eigenvalue weighted by atomic mass is 9.45. The van der Waals surface area contributed by atoms with Crippen molar-refractivity contribution < 1.29 is 14.6 Å². The summed E-state index contributed by atoms with van der Waals surface area (Å²) in [5.74, 6) is 0.814. The number of ether oxygens (including phenoxy) is 2. The van der Waals surface area contributed by atoms with Crippen LogP contribution in [0.25, 0.3) is 0 Å². The SMILES string of the molecule is CC.CC12CCC3=C(CCC4(C#N)CC5(CCC34C)OCCO5)C1CCC2CCO. The van der Waals surface area contributed by atoms with E-state index in [1.807, 2.05) is 13.8 Å². The summed E-state index contributed by atoms with van der Waals surface area (Å²) in [4.78, 5) is 0. The topological polar surface area (TPSA) is 62.5 Å². The van der Waals surface area contributed by atoms with Crippen LogP contribution in [0.3, 0.4) is 0 Å². The molecule has 5 aliphatic rings. The Bertz CT molecular complexity index is 733. The van der Waals surface area contributed by atoms with Gasteiger partial charge in [-0.3, -0.25) is 0 Å². The average Bonchev–Trinajstić information content (AvgIpc) is 3.35. The van der Waals surface area contributed by atoms with Gasteiger partial charge in [0.1, 0.15) is 0 Å². The number of aliphatic hydroxyl groups is 1. The fourth-order valence-electron chi connectivity index (χ4n) is 8.15. The highest BCUT2D eigenvalue weighted by Crippen LogP contribution is 2.69. The van der Waals surface area contributed by atoms with E-state index in [4.69, 9.17) is 9.47 Å². The fourth-order valence-corrected chi connectivity index (χ4v) is 8.15. The standard InChI is InChI=1S/C24H35NO3.C2H6/c1-21-8-6-20-18(19(21)4-3-17(21)7-12-26)5-9-23(16-25)15-24(27-13-14-28-24)11-10-22(20,23)2;1-2/h17,19,26H,3-15H2,1-2H3;1-2H3. The Hall–Kier alpha value is -0.890. The zero-order valence-electron chi connectivity index (χ0n) is 19.6. The molecule has 5 atom stereocenters. The molecule has 0 amide bonds. The highest BCUT2D eigenvalue weighted by atomic mass is 16.7. The van der Waals surface area contributed by atoms with Gasteiger partial charge in [-0.2, -0.15) is 5.26 Å². The first kappa shape index (κ1) is 22.3. The Morgan fingerprint density at radius 1 is 1.03 bits per heavy atom. The molecule has 0 radical (unpaired) electrons. The quantitative estimate of drug-likeness (QED) is 0.583. The predicted molar refractivity (Wildman–Crippen MR) is 118 cm³/mol. The van der Waals surface area contributed by atoms with Crippen molar-refractivity contribution in [3.05, 3.63) is 11.1 Å². The molecule has 4 nitrogen and oxygen atoms in total. The largest absolute Gasteiger partial charge is 0.396 e. The van der Waals surface area contributed by atoms with Crippen molar-refractivity contribution in [2.24, 2.45) is 28.1 Å². The van der Waals surface area contributed by atoms with E-state index in [0.717, 1.165) is 44.9 Å². The summed E-state index contributed by atoms with van der Waals surface area (Å²) in [6, 6.07) is 2.82. The van der Waals surface area contributed by atoms with Gasteiger partial charge in [0.05, 0.1) is 24.7 Å². The van der Waals surface area contributed by atoms with Crippen LogP contribution in [-0.2, 0) is 9.47 Å². The van der Waals surface area contributed by atoms with Gasteiger partial charge in [0.15, 0.2) is 5.79 Å². The van der Waals surface area contributed by atoms with E-state index in [9.17, 15) is 10.4 Å². The van der Waals surface area contributed by atoms with Crippen LogP contribution < -0.4 is 0 Å². The van der Waals surface area contributed by atoms with Crippen molar-refractivity contribution in [1.29, 1.82) is 5.26 Å². The highest BCUT2D eigenvalue weighted by Gasteiger charge is 2.64. The van der Waals surface area contributed by atoms with Crippen LogP contribution >= 0.6 is 0 Å². The van der Waals surface area contributed by atoms with E-state index in [0.29, 0.717) is 37.1 Å². The van der Waals surface area contributed by atoms with Crippen LogP contribution in [0.15, 0.2) is 11.1 Å².